The summed E-state index contributed by atoms with van der Waals surface area (Å²) in [5.74, 6) is -0.205. The van der Waals surface area contributed by atoms with Crippen LogP contribution < -0.4 is 11.1 Å². The van der Waals surface area contributed by atoms with Crippen molar-refractivity contribution < 1.29 is 4.79 Å². The van der Waals surface area contributed by atoms with Crippen LogP contribution in [0.4, 0.5) is 5.69 Å². The summed E-state index contributed by atoms with van der Waals surface area (Å²) in [6.07, 6.45) is 3.43. The molecule has 2 heterocycles. The van der Waals surface area contributed by atoms with Gasteiger partial charge in [0, 0.05) is 18.3 Å². The monoisotopic (exact) mass is 369 g/mol. The first kappa shape index (κ1) is 17.4. The molecule has 0 aliphatic carbocycles. The average Bonchev–Trinajstić information content (AvgIpc) is 3.26. The maximum absolute atomic E-state index is 13.0. The van der Waals surface area contributed by atoms with E-state index in [1.807, 2.05) is 18.2 Å². The van der Waals surface area contributed by atoms with Crippen LogP contribution in [0.25, 0.3) is 0 Å². The molecule has 0 bridgehead atoms. The summed E-state index contributed by atoms with van der Waals surface area (Å²) in [5, 5.41) is 3.64. The zero-order chi connectivity index (χ0) is 18.3. The second-order valence-electron chi connectivity index (χ2n) is 7.35. The molecule has 3 N–H and O–H groups in total. The fraction of sp³-hybridized carbons (Fsp3) is 0.381. The molecule has 0 saturated carbocycles. The number of nitrogen functional groups attached to an aromatic ring is 1. The molecule has 1 amide bonds. The minimum Gasteiger partial charge on any atom is -0.398 e. The van der Waals surface area contributed by atoms with E-state index in [0.717, 1.165) is 24.9 Å². The van der Waals surface area contributed by atoms with Gasteiger partial charge in [0.1, 0.15) is 0 Å². The highest BCUT2D eigenvalue weighted by molar-refractivity contribution is 6.34. The lowest BCUT2D eigenvalue weighted by molar-refractivity contribution is 0.0923. The van der Waals surface area contributed by atoms with Crippen molar-refractivity contribution in [2.24, 2.45) is 0 Å². The molecular formula is C21H24ClN3O. The van der Waals surface area contributed by atoms with Crippen molar-refractivity contribution in [1.82, 2.24) is 10.2 Å². The van der Waals surface area contributed by atoms with E-state index in [4.69, 9.17) is 17.3 Å². The first-order valence-electron chi connectivity index (χ1n) is 9.23. The Morgan fingerprint density at radius 3 is 2.69 bits per heavy atom. The van der Waals surface area contributed by atoms with Crippen molar-refractivity contribution in [3.63, 3.8) is 0 Å². The maximum atomic E-state index is 13.0. The number of piperidine rings is 1. The molecular weight excluding hydrogens is 346 g/mol. The quantitative estimate of drug-likeness (QED) is 0.618. The molecule has 0 spiro atoms. The van der Waals surface area contributed by atoms with Crippen LogP contribution in [0.15, 0.2) is 48.5 Å². The number of carbonyl (C=O) groups excluding carboxylic acids is 1. The Morgan fingerprint density at radius 1 is 1.31 bits per heavy atom. The molecule has 4 unspecified atom stereocenters. The van der Waals surface area contributed by atoms with Gasteiger partial charge in [0.25, 0.3) is 5.91 Å². The summed E-state index contributed by atoms with van der Waals surface area (Å²) >= 11 is 6.25. The standard InChI is InChI=1S/C21H24ClN3O/c1-2-15-11-12-21(13-25(15)21)19(14-7-4-3-5-8-14)24-20(26)18-16(22)9-6-10-17(18)23/h3-10,15,19H,2,11-13,23H2,1H3,(H,24,26). The summed E-state index contributed by atoms with van der Waals surface area (Å²) in [7, 11) is 0. The number of rotatable bonds is 5. The highest BCUT2D eigenvalue weighted by atomic mass is 35.5. The Kier molecular flexibility index (Phi) is 4.41. The number of halogens is 1. The first-order valence-corrected chi connectivity index (χ1v) is 9.61. The van der Waals surface area contributed by atoms with Crippen LogP contribution >= 0.6 is 11.6 Å². The molecule has 136 valence electrons. The normalized spacial score (nSPS) is 27.6. The highest BCUT2D eigenvalue weighted by Gasteiger charge is 2.63. The molecule has 5 heteroatoms. The lowest BCUT2D eigenvalue weighted by atomic mass is 9.89. The van der Waals surface area contributed by atoms with Crippen molar-refractivity contribution >= 4 is 23.2 Å². The van der Waals surface area contributed by atoms with Gasteiger partial charge in [0.15, 0.2) is 0 Å². The van der Waals surface area contributed by atoms with E-state index in [1.165, 1.54) is 6.42 Å². The van der Waals surface area contributed by atoms with Crippen LogP contribution in [0.1, 0.15) is 48.1 Å². The Morgan fingerprint density at radius 2 is 2.08 bits per heavy atom. The third-order valence-electron chi connectivity index (χ3n) is 5.95. The third-order valence-corrected chi connectivity index (χ3v) is 6.27. The van der Waals surface area contributed by atoms with Gasteiger partial charge in [-0.15, -0.1) is 0 Å². The molecule has 2 saturated heterocycles. The molecule has 4 nitrogen and oxygen atoms in total. The molecule has 4 atom stereocenters. The second kappa shape index (κ2) is 6.60. The highest BCUT2D eigenvalue weighted by Crippen LogP contribution is 2.54. The third kappa shape index (κ3) is 2.78. The van der Waals surface area contributed by atoms with Gasteiger partial charge in [-0.25, -0.2) is 0 Å². The topological polar surface area (TPSA) is 58.1 Å². The van der Waals surface area contributed by atoms with Gasteiger partial charge in [-0.05, 0) is 37.0 Å². The fourth-order valence-electron chi connectivity index (χ4n) is 4.53. The zero-order valence-corrected chi connectivity index (χ0v) is 15.7. The molecule has 0 radical (unpaired) electrons. The number of fused-ring (bicyclic) bond motifs is 1. The largest absolute Gasteiger partial charge is 0.398 e. The lowest BCUT2D eigenvalue weighted by Gasteiger charge is -2.27. The summed E-state index contributed by atoms with van der Waals surface area (Å²) < 4.78 is 0. The Balaban J connectivity index is 1.66. The summed E-state index contributed by atoms with van der Waals surface area (Å²) in [5.41, 5.74) is 7.95. The van der Waals surface area contributed by atoms with Crippen LogP contribution in [0, 0.1) is 0 Å². The molecule has 26 heavy (non-hydrogen) atoms. The minimum absolute atomic E-state index is 0.0215. The van der Waals surface area contributed by atoms with Gasteiger partial charge in [0.05, 0.1) is 22.2 Å². The van der Waals surface area contributed by atoms with Gasteiger partial charge in [-0.3, -0.25) is 9.69 Å². The number of hydrogen-bond donors (Lipinski definition) is 2. The zero-order valence-electron chi connectivity index (χ0n) is 14.9. The number of amides is 1. The smallest absolute Gasteiger partial charge is 0.255 e. The average molecular weight is 370 g/mol. The predicted molar refractivity (Wildman–Crippen MR) is 105 cm³/mol. The van der Waals surface area contributed by atoms with Crippen molar-refractivity contribution in [3.8, 4) is 0 Å². The van der Waals surface area contributed by atoms with E-state index in [-0.39, 0.29) is 17.5 Å². The number of benzene rings is 2. The number of hydrogen-bond acceptors (Lipinski definition) is 3. The van der Waals surface area contributed by atoms with Gasteiger partial charge in [-0.2, -0.15) is 0 Å². The van der Waals surface area contributed by atoms with Crippen molar-refractivity contribution in [2.45, 2.75) is 43.8 Å². The van der Waals surface area contributed by atoms with E-state index in [1.54, 1.807) is 18.2 Å². The summed E-state index contributed by atoms with van der Waals surface area (Å²) in [6.45, 7) is 3.27. The Bertz CT molecular complexity index is 805. The van der Waals surface area contributed by atoms with Gasteiger partial charge >= 0.3 is 0 Å². The number of carbonyl (C=O) groups is 1. The van der Waals surface area contributed by atoms with Crippen LogP contribution in [-0.2, 0) is 0 Å². The van der Waals surface area contributed by atoms with E-state index >= 15 is 0 Å². The Hall–Kier alpha value is -2.04. The van der Waals surface area contributed by atoms with Crippen LogP contribution in [0.3, 0.4) is 0 Å². The molecule has 2 fully saturated rings. The number of nitrogens with two attached hydrogens (primary N) is 1. The van der Waals surface area contributed by atoms with Crippen molar-refractivity contribution in [3.05, 3.63) is 64.7 Å². The molecule has 2 aliphatic rings. The fourth-order valence-corrected chi connectivity index (χ4v) is 4.80. The second-order valence-corrected chi connectivity index (χ2v) is 7.76. The molecule has 0 aromatic heterocycles. The predicted octanol–water partition coefficient (Wildman–Crippen LogP) is 4.02. The number of nitrogens with one attached hydrogen (secondary N) is 1. The van der Waals surface area contributed by atoms with E-state index in [9.17, 15) is 4.79 Å². The van der Waals surface area contributed by atoms with Crippen LogP contribution in [0.2, 0.25) is 5.02 Å². The van der Waals surface area contributed by atoms with Crippen molar-refractivity contribution in [1.29, 1.82) is 0 Å². The van der Waals surface area contributed by atoms with Gasteiger partial charge in [0.2, 0.25) is 0 Å². The van der Waals surface area contributed by atoms with Gasteiger partial charge < -0.3 is 11.1 Å². The molecule has 2 aromatic rings. The Labute approximate surface area is 159 Å². The molecule has 2 aromatic carbocycles. The van der Waals surface area contributed by atoms with Crippen LogP contribution in [-0.4, -0.2) is 28.9 Å². The van der Waals surface area contributed by atoms with Crippen molar-refractivity contribution in [2.75, 3.05) is 12.3 Å². The first-order chi connectivity index (χ1) is 12.6. The lowest BCUT2D eigenvalue weighted by Crippen LogP contribution is -2.39. The van der Waals surface area contributed by atoms with E-state index < -0.39 is 0 Å². The van der Waals surface area contributed by atoms with E-state index in [0.29, 0.717) is 22.3 Å². The number of nitrogens with zero attached hydrogens (tertiary/aromatic N) is 1. The summed E-state index contributed by atoms with van der Waals surface area (Å²) in [4.78, 5) is 15.6. The van der Waals surface area contributed by atoms with Crippen LogP contribution in [0.5, 0.6) is 0 Å². The number of anilines is 1. The minimum atomic E-state index is -0.205. The van der Waals surface area contributed by atoms with E-state index in [2.05, 4.69) is 29.3 Å². The molecule has 2 aliphatic heterocycles. The summed E-state index contributed by atoms with van der Waals surface area (Å²) in [6, 6.07) is 15.9. The van der Waals surface area contributed by atoms with Gasteiger partial charge in [-0.1, -0.05) is 54.9 Å². The molecule has 4 rings (SSSR count). The maximum Gasteiger partial charge on any atom is 0.255 e. The SMILES string of the molecule is CCC1CCC2(C(NC(=O)c3c(N)cccc3Cl)c3ccccc3)CN12.